The Bertz CT molecular complexity index is 521. The van der Waals surface area contributed by atoms with Crippen LogP contribution in [0.25, 0.3) is 0 Å². The maximum Gasteiger partial charge on any atom is 0.229 e. The molecule has 1 amide bonds. The molecular weight excluding hydrogens is 276 g/mol. The molecule has 4 nitrogen and oxygen atoms in total. The lowest BCUT2D eigenvalue weighted by molar-refractivity contribution is -0.135. The molecule has 108 valence electrons. The zero-order valence-electron chi connectivity index (χ0n) is 11.3. The first-order chi connectivity index (χ1) is 9.67. The molecule has 2 aliphatic heterocycles. The van der Waals surface area contributed by atoms with Gasteiger partial charge < -0.3 is 15.4 Å². The van der Waals surface area contributed by atoms with Gasteiger partial charge in [0.15, 0.2) is 0 Å². The lowest BCUT2D eigenvalue weighted by atomic mass is 9.95. The maximum absolute atomic E-state index is 12.5. The first-order valence-electron chi connectivity index (χ1n) is 7.07. The van der Waals surface area contributed by atoms with Crippen molar-refractivity contribution in [2.45, 2.75) is 12.8 Å². The van der Waals surface area contributed by atoms with Crippen molar-refractivity contribution >= 4 is 17.5 Å². The molecule has 2 heterocycles. The highest BCUT2D eigenvalue weighted by atomic mass is 35.5. The van der Waals surface area contributed by atoms with E-state index in [9.17, 15) is 4.79 Å². The Hall–Kier alpha value is -1.26. The lowest BCUT2D eigenvalue weighted by Crippen LogP contribution is -2.40. The Morgan fingerprint density at radius 1 is 1.50 bits per heavy atom. The third-order valence-electron chi connectivity index (χ3n) is 4.21. The van der Waals surface area contributed by atoms with Crippen LogP contribution in [0, 0.1) is 11.8 Å². The van der Waals surface area contributed by atoms with E-state index < -0.39 is 0 Å². The Morgan fingerprint density at radius 3 is 3.10 bits per heavy atom. The van der Waals surface area contributed by atoms with Crippen LogP contribution in [-0.2, 0) is 11.2 Å². The summed E-state index contributed by atoms with van der Waals surface area (Å²) < 4.78 is 5.69. The zero-order chi connectivity index (χ0) is 14.1. The molecule has 0 bridgehead atoms. The number of amides is 1. The molecule has 2 atom stereocenters. The van der Waals surface area contributed by atoms with E-state index in [0.717, 1.165) is 30.8 Å². The van der Waals surface area contributed by atoms with Crippen LogP contribution in [-0.4, -0.2) is 37.0 Å². The van der Waals surface area contributed by atoms with Gasteiger partial charge in [0.2, 0.25) is 5.91 Å². The molecule has 2 aliphatic rings. The minimum Gasteiger partial charge on any atom is -0.492 e. The molecule has 1 saturated heterocycles. The third kappa shape index (κ3) is 2.63. The number of carbonyl (C=O) groups excluding carboxylic acids is 1. The minimum absolute atomic E-state index is 0.0995. The van der Waals surface area contributed by atoms with Gasteiger partial charge in [-0.1, -0.05) is 11.6 Å². The van der Waals surface area contributed by atoms with E-state index >= 15 is 0 Å². The standard InChI is InChI=1S/C15H19ClN2O2/c16-13-1-2-14-11(6-13)5-12(9-20-14)15(19)18-4-3-10(7-17)8-18/h1-2,6,10,12H,3-5,7-9,17H2. The van der Waals surface area contributed by atoms with Crippen LogP contribution >= 0.6 is 11.6 Å². The van der Waals surface area contributed by atoms with Crippen LogP contribution in [0.3, 0.4) is 0 Å². The van der Waals surface area contributed by atoms with Crippen molar-refractivity contribution in [3.05, 3.63) is 28.8 Å². The fourth-order valence-electron chi connectivity index (χ4n) is 3.01. The summed E-state index contributed by atoms with van der Waals surface area (Å²) in [5.41, 5.74) is 6.70. The van der Waals surface area contributed by atoms with Gasteiger partial charge >= 0.3 is 0 Å². The summed E-state index contributed by atoms with van der Waals surface area (Å²) >= 11 is 6.00. The SMILES string of the molecule is NCC1CCN(C(=O)C2COc3ccc(Cl)cc3C2)C1. The summed E-state index contributed by atoms with van der Waals surface area (Å²) in [6.07, 6.45) is 1.72. The first-order valence-corrected chi connectivity index (χ1v) is 7.45. The number of fused-ring (bicyclic) bond motifs is 1. The summed E-state index contributed by atoms with van der Waals surface area (Å²) in [6, 6.07) is 5.58. The number of benzene rings is 1. The molecule has 1 fully saturated rings. The van der Waals surface area contributed by atoms with Crippen LogP contribution in [0.15, 0.2) is 18.2 Å². The number of likely N-dealkylation sites (tertiary alicyclic amines) is 1. The van der Waals surface area contributed by atoms with Crippen LogP contribution in [0.4, 0.5) is 0 Å². The van der Waals surface area contributed by atoms with Crippen LogP contribution in [0.1, 0.15) is 12.0 Å². The van der Waals surface area contributed by atoms with Gasteiger partial charge in [0.1, 0.15) is 12.4 Å². The van der Waals surface area contributed by atoms with Crippen molar-refractivity contribution in [2.24, 2.45) is 17.6 Å². The highest BCUT2D eigenvalue weighted by molar-refractivity contribution is 6.30. The minimum atomic E-state index is -0.0995. The summed E-state index contributed by atoms with van der Waals surface area (Å²) in [4.78, 5) is 14.5. The molecule has 3 rings (SSSR count). The quantitative estimate of drug-likeness (QED) is 0.903. The number of nitrogens with zero attached hydrogens (tertiary/aromatic N) is 1. The number of nitrogens with two attached hydrogens (primary N) is 1. The maximum atomic E-state index is 12.5. The highest BCUT2D eigenvalue weighted by Gasteiger charge is 2.33. The van der Waals surface area contributed by atoms with E-state index in [4.69, 9.17) is 22.1 Å². The topological polar surface area (TPSA) is 55.6 Å². The summed E-state index contributed by atoms with van der Waals surface area (Å²) in [7, 11) is 0. The normalized spacial score (nSPS) is 25.2. The van der Waals surface area contributed by atoms with Crippen molar-refractivity contribution in [2.75, 3.05) is 26.2 Å². The van der Waals surface area contributed by atoms with Crippen LogP contribution < -0.4 is 10.5 Å². The molecule has 20 heavy (non-hydrogen) atoms. The van der Waals surface area contributed by atoms with E-state index in [1.807, 2.05) is 23.1 Å². The Labute approximate surface area is 123 Å². The molecular formula is C15H19ClN2O2. The van der Waals surface area contributed by atoms with Gasteiger partial charge in [-0.05, 0) is 49.1 Å². The highest BCUT2D eigenvalue weighted by Crippen LogP contribution is 2.31. The first kappa shape index (κ1) is 13.7. The van der Waals surface area contributed by atoms with Gasteiger partial charge in [-0.15, -0.1) is 0 Å². The number of rotatable bonds is 2. The third-order valence-corrected chi connectivity index (χ3v) is 4.44. The van der Waals surface area contributed by atoms with Gasteiger partial charge in [0.25, 0.3) is 0 Å². The molecule has 2 N–H and O–H groups in total. The second kappa shape index (κ2) is 5.62. The number of ether oxygens (including phenoxy) is 1. The van der Waals surface area contributed by atoms with E-state index in [0.29, 0.717) is 30.5 Å². The predicted octanol–water partition coefficient (Wildman–Crippen LogP) is 1.70. The molecule has 0 spiro atoms. The van der Waals surface area contributed by atoms with Crippen molar-refractivity contribution in [1.82, 2.24) is 4.90 Å². The van der Waals surface area contributed by atoms with Crippen molar-refractivity contribution in [3.8, 4) is 5.75 Å². The van der Waals surface area contributed by atoms with Gasteiger partial charge in [-0.25, -0.2) is 0 Å². The molecule has 5 heteroatoms. The van der Waals surface area contributed by atoms with Crippen molar-refractivity contribution in [1.29, 1.82) is 0 Å². The van der Waals surface area contributed by atoms with E-state index in [1.54, 1.807) is 0 Å². The Balaban J connectivity index is 1.69. The van der Waals surface area contributed by atoms with Gasteiger partial charge in [-0.2, -0.15) is 0 Å². The largest absolute Gasteiger partial charge is 0.492 e. The number of hydrogen-bond acceptors (Lipinski definition) is 3. The molecule has 0 saturated carbocycles. The second-order valence-corrected chi connectivity index (χ2v) is 6.08. The fraction of sp³-hybridized carbons (Fsp3) is 0.533. The van der Waals surface area contributed by atoms with E-state index in [2.05, 4.69) is 0 Å². The van der Waals surface area contributed by atoms with E-state index in [1.165, 1.54) is 0 Å². The second-order valence-electron chi connectivity index (χ2n) is 5.64. The summed E-state index contributed by atoms with van der Waals surface area (Å²) in [5.74, 6) is 1.38. The molecule has 1 aromatic rings. The average Bonchev–Trinajstić information content (AvgIpc) is 2.94. The Kier molecular flexibility index (Phi) is 3.85. The van der Waals surface area contributed by atoms with Crippen LogP contribution in [0.2, 0.25) is 5.02 Å². The number of halogens is 1. The Morgan fingerprint density at radius 2 is 2.35 bits per heavy atom. The smallest absolute Gasteiger partial charge is 0.229 e. The molecule has 1 aromatic carbocycles. The van der Waals surface area contributed by atoms with Gasteiger partial charge in [0, 0.05) is 18.1 Å². The fourth-order valence-corrected chi connectivity index (χ4v) is 3.20. The molecule has 0 aromatic heterocycles. The van der Waals surface area contributed by atoms with Gasteiger partial charge in [-0.3, -0.25) is 4.79 Å². The number of hydrogen-bond donors (Lipinski definition) is 1. The molecule has 2 unspecified atom stereocenters. The number of carbonyl (C=O) groups is 1. The summed E-state index contributed by atoms with van der Waals surface area (Å²) in [5, 5.41) is 0.685. The lowest BCUT2D eigenvalue weighted by Gasteiger charge is -2.28. The average molecular weight is 295 g/mol. The predicted molar refractivity (Wildman–Crippen MR) is 77.9 cm³/mol. The summed E-state index contributed by atoms with van der Waals surface area (Å²) in [6.45, 7) is 2.72. The monoisotopic (exact) mass is 294 g/mol. The van der Waals surface area contributed by atoms with Gasteiger partial charge in [0.05, 0.1) is 5.92 Å². The van der Waals surface area contributed by atoms with Crippen molar-refractivity contribution < 1.29 is 9.53 Å². The van der Waals surface area contributed by atoms with E-state index in [-0.39, 0.29) is 11.8 Å². The van der Waals surface area contributed by atoms with Crippen LogP contribution in [0.5, 0.6) is 5.75 Å². The molecule has 0 radical (unpaired) electrons. The molecule has 0 aliphatic carbocycles. The zero-order valence-corrected chi connectivity index (χ0v) is 12.1. The van der Waals surface area contributed by atoms with Crippen molar-refractivity contribution in [3.63, 3.8) is 0 Å².